The molecule has 0 saturated carbocycles. The van der Waals surface area contributed by atoms with Crippen LogP contribution in [0.25, 0.3) is 11.5 Å². The van der Waals surface area contributed by atoms with Gasteiger partial charge in [-0.3, -0.25) is 0 Å². The van der Waals surface area contributed by atoms with E-state index in [9.17, 15) is 17.6 Å². The van der Waals surface area contributed by atoms with Crippen LogP contribution in [0.3, 0.4) is 0 Å². The molecule has 7 nitrogen and oxygen atoms in total. The van der Waals surface area contributed by atoms with Crippen LogP contribution in [0.4, 0.5) is 4.39 Å². The first kappa shape index (κ1) is 22.6. The van der Waals surface area contributed by atoms with Gasteiger partial charge in [0.1, 0.15) is 24.4 Å². The Labute approximate surface area is 180 Å². The zero-order valence-corrected chi connectivity index (χ0v) is 18.3. The minimum absolute atomic E-state index is 0.173. The number of ether oxygens (including phenoxy) is 1. The van der Waals surface area contributed by atoms with Crippen LogP contribution in [0, 0.1) is 12.7 Å². The SMILES string of the molecule is CCN(CC)S(=O)(=O)c1ccc(F)c(C(=O)OCc2coc(-c3ccc(C)cc3)n2)c1. The fourth-order valence-corrected chi connectivity index (χ4v) is 4.44. The molecule has 0 atom stereocenters. The van der Waals surface area contributed by atoms with Gasteiger partial charge in [-0.25, -0.2) is 22.6 Å². The largest absolute Gasteiger partial charge is 0.455 e. The zero-order chi connectivity index (χ0) is 22.6. The number of aromatic nitrogens is 1. The molecule has 3 aromatic rings. The highest BCUT2D eigenvalue weighted by Crippen LogP contribution is 2.22. The van der Waals surface area contributed by atoms with Gasteiger partial charge in [-0.05, 0) is 37.3 Å². The van der Waals surface area contributed by atoms with Gasteiger partial charge in [-0.15, -0.1) is 0 Å². The molecule has 31 heavy (non-hydrogen) atoms. The van der Waals surface area contributed by atoms with Gasteiger partial charge in [0.15, 0.2) is 0 Å². The molecule has 0 amide bonds. The van der Waals surface area contributed by atoms with Crippen LogP contribution in [0.15, 0.2) is 58.0 Å². The summed E-state index contributed by atoms with van der Waals surface area (Å²) in [6.45, 7) is 5.62. The molecule has 0 spiro atoms. The third kappa shape index (κ3) is 5.00. The molecule has 0 aliphatic heterocycles. The van der Waals surface area contributed by atoms with Crippen LogP contribution in [0.5, 0.6) is 0 Å². The average molecular weight is 447 g/mol. The van der Waals surface area contributed by atoms with Gasteiger partial charge in [0.25, 0.3) is 0 Å². The van der Waals surface area contributed by atoms with Crippen molar-refractivity contribution in [2.24, 2.45) is 0 Å². The highest BCUT2D eigenvalue weighted by atomic mass is 32.2. The van der Waals surface area contributed by atoms with Crippen molar-refractivity contribution in [3.63, 3.8) is 0 Å². The van der Waals surface area contributed by atoms with E-state index in [1.807, 2.05) is 31.2 Å². The average Bonchev–Trinajstić information content (AvgIpc) is 3.22. The van der Waals surface area contributed by atoms with E-state index < -0.39 is 27.4 Å². The summed E-state index contributed by atoms with van der Waals surface area (Å²) in [6, 6.07) is 10.6. The van der Waals surface area contributed by atoms with Crippen molar-refractivity contribution >= 4 is 16.0 Å². The van der Waals surface area contributed by atoms with Crippen molar-refractivity contribution in [3.8, 4) is 11.5 Å². The van der Waals surface area contributed by atoms with Crippen molar-refractivity contribution in [1.82, 2.24) is 9.29 Å². The third-order valence-electron chi connectivity index (χ3n) is 4.70. The molecule has 0 bridgehead atoms. The monoisotopic (exact) mass is 446 g/mol. The molecule has 2 aromatic carbocycles. The summed E-state index contributed by atoms with van der Waals surface area (Å²) in [7, 11) is -3.84. The lowest BCUT2D eigenvalue weighted by atomic mass is 10.1. The molecule has 3 rings (SSSR count). The zero-order valence-electron chi connectivity index (χ0n) is 17.5. The number of oxazole rings is 1. The summed E-state index contributed by atoms with van der Waals surface area (Å²) in [5.74, 6) is -1.50. The predicted molar refractivity (Wildman–Crippen MR) is 112 cm³/mol. The Kier molecular flexibility index (Phi) is 6.87. The van der Waals surface area contributed by atoms with E-state index in [1.165, 1.54) is 10.6 Å². The number of rotatable bonds is 8. The molecule has 9 heteroatoms. The lowest BCUT2D eigenvalue weighted by Gasteiger charge is -2.18. The van der Waals surface area contributed by atoms with Crippen molar-refractivity contribution in [2.45, 2.75) is 32.3 Å². The maximum atomic E-state index is 14.2. The normalized spacial score (nSPS) is 11.6. The van der Waals surface area contributed by atoms with Gasteiger partial charge in [0, 0.05) is 18.7 Å². The highest BCUT2D eigenvalue weighted by molar-refractivity contribution is 7.89. The number of carbonyl (C=O) groups excluding carboxylic acids is 1. The number of hydrogen-bond donors (Lipinski definition) is 0. The second-order valence-electron chi connectivity index (χ2n) is 6.82. The Morgan fingerprint density at radius 3 is 2.45 bits per heavy atom. The number of sulfonamides is 1. The van der Waals surface area contributed by atoms with Crippen LogP contribution in [-0.4, -0.2) is 36.8 Å². The van der Waals surface area contributed by atoms with Gasteiger partial charge < -0.3 is 9.15 Å². The van der Waals surface area contributed by atoms with E-state index >= 15 is 0 Å². The second-order valence-corrected chi connectivity index (χ2v) is 8.76. The molecule has 0 radical (unpaired) electrons. The number of hydrogen-bond acceptors (Lipinski definition) is 6. The molecule has 0 saturated heterocycles. The predicted octanol–water partition coefficient (Wildman–Crippen LogP) is 4.18. The molecular formula is C22H23FN2O5S. The minimum atomic E-state index is -3.84. The quantitative estimate of drug-likeness (QED) is 0.482. The van der Waals surface area contributed by atoms with Crippen LogP contribution < -0.4 is 0 Å². The summed E-state index contributed by atoms with van der Waals surface area (Å²) in [4.78, 5) is 16.5. The fraction of sp³-hybridized carbons (Fsp3) is 0.273. The molecule has 0 N–H and O–H groups in total. The van der Waals surface area contributed by atoms with Gasteiger partial charge in [-0.2, -0.15) is 4.31 Å². The molecule has 0 aliphatic rings. The Balaban J connectivity index is 1.75. The van der Waals surface area contributed by atoms with Gasteiger partial charge in [-0.1, -0.05) is 31.5 Å². The van der Waals surface area contributed by atoms with Crippen LogP contribution in [0.2, 0.25) is 0 Å². The van der Waals surface area contributed by atoms with E-state index in [2.05, 4.69) is 4.98 Å². The summed E-state index contributed by atoms with van der Waals surface area (Å²) < 4.78 is 51.3. The van der Waals surface area contributed by atoms with Gasteiger partial charge in [0.05, 0.1) is 10.5 Å². The van der Waals surface area contributed by atoms with E-state index in [0.717, 1.165) is 29.3 Å². The van der Waals surface area contributed by atoms with Crippen molar-refractivity contribution in [3.05, 3.63) is 71.4 Å². The summed E-state index contributed by atoms with van der Waals surface area (Å²) in [5.41, 5.74) is 1.74. The first-order valence-corrected chi connectivity index (χ1v) is 11.2. The lowest BCUT2D eigenvalue weighted by molar-refractivity contribution is 0.0462. The van der Waals surface area contributed by atoms with E-state index in [0.29, 0.717) is 11.6 Å². The van der Waals surface area contributed by atoms with Gasteiger partial charge >= 0.3 is 5.97 Å². The summed E-state index contributed by atoms with van der Waals surface area (Å²) in [6.07, 6.45) is 1.35. The third-order valence-corrected chi connectivity index (χ3v) is 6.75. The van der Waals surface area contributed by atoms with Gasteiger partial charge in [0.2, 0.25) is 15.9 Å². The molecule has 1 heterocycles. The Bertz CT molecular complexity index is 1170. The molecule has 0 unspecified atom stereocenters. The van der Waals surface area contributed by atoms with Crippen molar-refractivity contribution in [1.29, 1.82) is 0 Å². The maximum Gasteiger partial charge on any atom is 0.341 e. The molecule has 0 aliphatic carbocycles. The van der Waals surface area contributed by atoms with E-state index in [4.69, 9.17) is 9.15 Å². The number of nitrogens with zero attached hydrogens (tertiary/aromatic N) is 2. The van der Waals surface area contributed by atoms with Crippen molar-refractivity contribution < 1.29 is 26.8 Å². The van der Waals surface area contributed by atoms with Crippen molar-refractivity contribution in [2.75, 3.05) is 13.1 Å². The number of benzene rings is 2. The number of aryl methyl sites for hydroxylation is 1. The number of halogens is 1. The standard InChI is InChI=1S/C22H23FN2O5S/c1-4-25(5-2)31(27,28)18-10-11-20(23)19(12-18)22(26)30-14-17-13-29-21(24-17)16-8-6-15(3)7-9-16/h6-13H,4-5,14H2,1-3H3. The molecule has 0 fully saturated rings. The smallest absolute Gasteiger partial charge is 0.341 e. The Morgan fingerprint density at radius 2 is 1.81 bits per heavy atom. The lowest BCUT2D eigenvalue weighted by Crippen LogP contribution is -2.30. The highest BCUT2D eigenvalue weighted by Gasteiger charge is 2.25. The Hall–Kier alpha value is -3.04. The van der Waals surface area contributed by atoms with E-state index in [1.54, 1.807) is 13.8 Å². The fourth-order valence-electron chi connectivity index (χ4n) is 2.95. The number of esters is 1. The molecule has 1 aromatic heterocycles. The summed E-state index contributed by atoms with van der Waals surface area (Å²) in [5, 5.41) is 0. The first-order chi connectivity index (χ1) is 14.8. The molecular weight excluding hydrogens is 423 g/mol. The summed E-state index contributed by atoms with van der Waals surface area (Å²) >= 11 is 0. The Morgan fingerprint density at radius 1 is 1.13 bits per heavy atom. The first-order valence-electron chi connectivity index (χ1n) is 9.74. The van der Waals surface area contributed by atoms with Crippen LogP contribution >= 0.6 is 0 Å². The maximum absolute atomic E-state index is 14.2. The second kappa shape index (κ2) is 9.40. The minimum Gasteiger partial charge on any atom is -0.455 e. The van der Waals surface area contributed by atoms with Crippen LogP contribution in [0.1, 0.15) is 35.5 Å². The number of carbonyl (C=O) groups is 1. The van der Waals surface area contributed by atoms with Crippen LogP contribution in [-0.2, 0) is 21.4 Å². The molecule has 164 valence electrons. The van der Waals surface area contributed by atoms with E-state index in [-0.39, 0.29) is 24.6 Å². The topological polar surface area (TPSA) is 89.7 Å².